The molecule has 1 aliphatic rings. The lowest BCUT2D eigenvalue weighted by Crippen LogP contribution is -2.11. The van der Waals surface area contributed by atoms with Gasteiger partial charge in [0.15, 0.2) is 0 Å². The molecule has 1 unspecified atom stereocenters. The van der Waals surface area contributed by atoms with E-state index in [1.165, 1.54) is 24.8 Å². The second-order valence-electron chi connectivity index (χ2n) is 4.29. The van der Waals surface area contributed by atoms with E-state index in [1.54, 1.807) is 0 Å². The Bertz CT molecular complexity index is 349. The fraction of sp³-hybridized carbons (Fsp3) is 0.500. The molecule has 0 radical (unpaired) electrons. The monoisotopic (exact) mass is 287 g/mol. The van der Waals surface area contributed by atoms with Crippen LogP contribution in [0.25, 0.3) is 0 Å². The molecule has 0 aromatic heterocycles. The lowest BCUT2D eigenvalue weighted by Gasteiger charge is -2.13. The van der Waals surface area contributed by atoms with Crippen LogP contribution in [-0.4, -0.2) is 0 Å². The quantitative estimate of drug-likeness (QED) is 0.878. The average Bonchev–Trinajstić information content (AvgIpc) is 2.97. The van der Waals surface area contributed by atoms with Crippen molar-refractivity contribution in [3.8, 4) is 0 Å². The number of benzene rings is 1. The third-order valence-corrected chi connectivity index (χ3v) is 3.87. The summed E-state index contributed by atoms with van der Waals surface area (Å²) in [6, 6.07) is 5.97. The van der Waals surface area contributed by atoms with E-state index in [0.717, 1.165) is 21.8 Å². The summed E-state index contributed by atoms with van der Waals surface area (Å²) in [5, 5.41) is 0.750. The Balaban J connectivity index is 1.99. The van der Waals surface area contributed by atoms with Crippen LogP contribution in [0.15, 0.2) is 22.7 Å². The highest BCUT2D eigenvalue weighted by Gasteiger charge is 2.22. The van der Waals surface area contributed by atoms with Gasteiger partial charge in [0.1, 0.15) is 0 Å². The lowest BCUT2D eigenvalue weighted by atomic mass is 10.0. The van der Waals surface area contributed by atoms with Gasteiger partial charge in [0.05, 0.1) is 0 Å². The number of halogens is 2. The van der Waals surface area contributed by atoms with Crippen LogP contribution in [0.4, 0.5) is 0 Å². The van der Waals surface area contributed by atoms with Crippen LogP contribution in [-0.2, 0) is 0 Å². The van der Waals surface area contributed by atoms with Crippen LogP contribution in [0.5, 0.6) is 0 Å². The molecule has 0 saturated heterocycles. The van der Waals surface area contributed by atoms with Gasteiger partial charge in [-0.1, -0.05) is 46.4 Å². The van der Waals surface area contributed by atoms with Crippen molar-refractivity contribution < 1.29 is 0 Å². The van der Waals surface area contributed by atoms with Crippen LogP contribution in [0, 0.1) is 5.92 Å². The largest absolute Gasteiger partial charge is 0.324 e. The molecule has 0 heterocycles. The lowest BCUT2D eigenvalue weighted by molar-refractivity contribution is 0.574. The molecule has 2 N–H and O–H groups in total. The molecule has 0 spiro atoms. The summed E-state index contributed by atoms with van der Waals surface area (Å²) in [4.78, 5) is 0. The third-order valence-electron chi connectivity index (χ3n) is 2.94. The van der Waals surface area contributed by atoms with Crippen molar-refractivity contribution in [3.05, 3.63) is 33.3 Å². The van der Waals surface area contributed by atoms with Crippen molar-refractivity contribution in [2.75, 3.05) is 0 Å². The van der Waals surface area contributed by atoms with Gasteiger partial charge in [-0.25, -0.2) is 0 Å². The standard InChI is InChI=1S/C12H15BrClN/c13-11-7-9(14)4-5-10(11)12(15)6-3-8-1-2-8/h4-5,7-8,12H,1-3,6,15H2. The first-order chi connectivity index (χ1) is 7.16. The van der Waals surface area contributed by atoms with E-state index in [0.29, 0.717) is 0 Å². The third kappa shape index (κ3) is 3.20. The fourth-order valence-corrected chi connectivity index (χ4v) is 2.76. The van der Waals surface area contributed by atoms with Crippen molar-refractivity contribution in [2.45, 2.75) is 31.7 Å². The molecule has 0 amide bonds. The van der Waals surface area contributed by atoms with Gasteiger partial charge in [-0.05, 0) is 36.5 Å². The molecule has 82 valence electrons. The van der Waals surface area contributed by atoms with Crippen molar-refractivity contribution in [2.24, 2.45) is 11.7 Å². The Morgan fingerprint density at radius 1 is 1.47 bits per heavy atom. The minimum atomic E-state index is 0.136. The highest BCUT2D eigenvalue weighted by molar-refractivity contribution is 9.10. The summed E-state index contributed by atoms with van der Waals surface area (Å²) in [6.07, 6.45) is 5.13. The smallest absolute Gasteiger partial charge is 0.0417 e. The van der Waals surface area contributed by atoms with Crippen molar-refractivity contribution in [1.29, 1.82) is 0 Å². The van der Waals surface area contributed by atoms with Gasteiger partial charge in [0.2, 0.25) is 0 Å². The zero-order chi connectivity index (χ0) is 10.8. The maximum Gasteiger partial charge on any atom is 0.0417 e. The molecule has 1 atom stereocenters. The van der Waals surface area contributed by atoms with Crippen LogP contribution in [0.3, 0.4) is 0 Å². The SMILES string of the molecule is NC(CCC1CC1)c1ccc(Cl)cc1Br. The first-order valence-electron chi connectivity index (χ1n) is 5.37. The minimum Gasteiger partial charge on any atom is -0.324 e. The van der Waals surface area contributed by atoms with Crippen LogP contribution in [0.2, 0.25) is 5.02 Å². The molecule has 2 rings (SSSR count). The Hall–Kier alpha value is -0.0500. The summed E-state index contributed by atoms with van der Waals surface area (Å²) in [5.41, 5.74) is 7.32. The Kier molecular flexibility index (Phi) is 3.70. The molecule has 1 aliphatic carbocycles. The maximum atomic E-state index is 6.15. The predicted octanol–water partition coefficient (Wildman–Crippen LogP) is 4.29. The summed E-state index contributed by atoms with van der Waals surface area (Å²) in [5.74, 6) is 0.946. The Morgan fingerprint density at radius 3 is 2.80 bits per heavy atom. The highest BCUT2D eigenvalue weighted by Crippen LogP contribution is 2.36. The number of hydrogen-bond acceptors (Lipinski definition) is 1. The molecule has 1 aromatic carbocycles. The predicted molar refractivity (Wildman–Crippen MR) is 68.0 cm³/mol. The minimum absolute atomic E-state index is 0.136. The summed E-state index contributed by atoms with van der Waals surface area (Å²) >= 11 is 9.39. The molecule has 1 nitrogen and oxygen atoms in total. The van der Waals surface area contributed by atoms with Gasteiger partial charge in [0.25, 0.3) is 0 Å². The zero-order valence-electron chi connectivity index (χ0n) is 8.55. The second kappa shape index (κ2) is 4.86. The molecule has 1 aromatic rings. The topological polar surface area (TPSA) is 26.0 Å². The van der Waals surface area contributed by atoms with Gasteiger partial charge in [-0.3, -0.25) is 0 Å². The summed E-state index contributed by atoms with van der Waals surface area (Å²) in [6.45, 7) is 0. The second-order valence-corrected chi connectivity index (χ2v) is 5.58. The molecule has 3 heteroatoms. The zero-order valence-corrected chi connectivity index (χ0v) is 10.9. The van der Waals surface area contributed by atoms with Gasteiger partial charge < -0.3 is 5.73 Å². The number of rotatable bonds is 4. The fourth-order valence-electron chi connectivity index (χ4n) is 1.78. The van der Waals surface area contributed by atoms with E-state index in [-0.39, 0.29) is 6.04 Å². The van der Waals surface area contributed by atoms with Crippen LogP contribution < -0.4 is 5.73 Å². The first-order valence-corrected chi connectivity index (χ1v) is 6.54. The number of nitrogens with two attached hydrogens (primary N) is 1. The van der Waals surface area contributed by atoms with Crippen molar-refractivity contribution >= 4 is 27.5 Å². The van der Waals surface area contributed by atoms with E-state index < -0.39 is 0 Å². The van der Waals surface area contributed by atoms with Gasteiger partial charge in [0, 0.05) is 15.5 Å². The Labute approximate surface area is 104 Å². The summed E-state index contributed by atoms with van der Waals surface area (Å²) in [7, 11) is 0. The van der Waals surface area contributed by atoms with Gasteiger partial charge in [-0.2, -0.15) is 0 Å². The molecule has 1 saturated carbocycles. The van der Waals surface area contributed by atoms with E-state index in [1.807, 2.05) is 18.2 Å². The molecular weight excluding hydrogens is 273 g/mol. The molecule has 15 heavy (non-hydrogen) atoms. The van der Waals surface area contributed by atoms with Gasteiger partial charge in [-0.15, -0.1) is 0 Å². The van der Waals surface area contributed by atoms with E-state index in [9.17, 15) is 0 Å². The molecular formula is C12H15BrClN. The van der Waals surface area contributed by atoms with Crippen molar-refractivity contribution in [1.82, 2.24) is 0 Å². The normalized spacial score (nSPS) is 17.8. The van der Waals surface area contributed by atoms with Crippen molar-refractivity contribution in [3.63, 3.8) is 0 Å². The first kappa shape index (κ1) is 11.4. The van der Waals surface area contributed by atoms with E-state index in [4.69, 9.17) is 17.3 Å². The summed E-state index contributed by atoms with van der Waals surface area (Å²) < 4.78 is 1.03. The average molecular weight is 289 g/mol. The van der Waals surface area contributed by atoms with Crippen LogP contribution in [0.1, 0.15) is 37.3 Å². The maximum absolute atomic E-state index is 6.15. The highest BCUT2D eigenvalue weighted by atomic mass is 79.9. The van der Waals surface area contributed by atoms with E-state index in [2.05, 4.69) is 15.9 Å². The molecule has 1 fully saturated rings. The molecule has 0 aliphatic heterocycles. The molecule has 0 bridgehead atoms. The number of hydrogen-bond donors (Lipinski definition) is 1. The van der Waals surface area contributed by atoms with E-state index >= 15 is 0 Å². The van der Waals surface area contributed by atoms with Gasteiger partial charge >= 0.3 is 0 Å². The van der Waals surface area contributed by atoms with Crippen LogP contribution >= 0.6 is 27.5 Å². The Morgan fingerprint density at radius 2 is 2.20 bits per heavy atom.